The lowest BCUT2D eigenvalue weighted by Gasteiger charge is -2.10. The molecular formula is C10H18N4O2. The first-order valence-corrected chi connectivity index (χ1v) is 5.43. The zero-order valence-corrected chi connectivity index (χ0v) is 9.48. The van der Waals surface area contributed by atoms with Crippen molar-refractivity contribution in [1.82, 2.24) is 4.98 Å². The van der Waals surface area contributed by atoms with E-state index < -0.39 is 0 Å². The molecule has 0 bridgehead atoms. The molecule has 90 valence electrons. The minimum Gasteiger partial charge on any atom is -0.754 e. The Bertz CT molecular complexity index is 321. The molecule has 0 aromatic carbocycles. The lowest BCUT2D eigenvalue weighted by atomic mass is 10.2. The quantitative estimate of drug-likeness (QED) is 0.425. The van der Waals surface area contributed by atoms with Gasteiger partial charge < -0.3 is 21.4 Å². The van der Waals surface area contributed by atoms with Crippen LogP contribution in [-0.2, 0) is 0 Å². The number of hydrogen-bond acceptors (Lipinski definition) is 5. The molecule has 0 fully saturated rings. The minimum absolute atomic E-state index is 0.00365. The number of nitrogens with two attached hydrogens (primary N) is 2. The maximum Gasteiger partial charge on any atom is 0.347 e. The molecule has 0 amide bonds. The smallest absolute Gasteiger partial charge is 0.347 e. The number of ether oxygens (including phenoxy) is 1. The van der Waals surface area contributed by atoms with Gasteiger partial charge in [-0.25, -0.2) is 4.73 Å². The molecule has 0 radical (unpaired) electrons. The van der Waals surface area contributed by atoms with E-state index in [2.05, 4.69) is 11.9 Å². The zero-order valence-electron chi connectivity index (χ0n) is 9.48. The first-order valence-electron chi connectivity index (χ1n) is 5.43. The summed E-state index contributed by atoms with van der Waals surface area (Å²) in [7, 11) is 0. The molecule has 16 heavy (non-hydrogen) atoms. The van der Waals surface area contributed by atoms with Crippen LogP contribution in [0.15, 0.2) is 6.07 Å². The number of anilines is 2. The number of rotatable bonds is 6. The fourth-order valence-electron chi connectivity index (χ4n) is 1.29. The largest absolute Gasteiger partial charge is 0.754 e. The van der Waals surface area contributed by atoms with Gasteiger partial charge in [-0.1, -0.05) is 31.2 Å². The molecule has 0 aliphatic carbocycles. The summed E-state index contributed by atoms with van der Waals surface area (Å²) >= 11 is 0. The second-order valence-electron chi connectivity index (χ2n) is 3.58. The fraction of sp³-hybridized carbons (Fsp3) is 0.600. The van der Waals surface area contributed by atoms with Gasteiger partial charge in [0, 0.05) is 0 Å². The highest BCUT2D eigenvalue weighted by atomic mass is 16.5. The number of hydrogen-bond donors (Lipinski definition) is 2. The van der Waals surface area contributed by atoms with Gasteiger partial charge in [-0.05, 0) is 6.42 Å². The van der Waals surface area contributed by atoms with Crippen LogP contribution >= 0.6 is 0 Å². The van der Waals surface area contributed by atoms with Crippen molar-refractivity contribution in [3.63, 3.8) is 0 Å². The normalized spacial score (nSPS) is 10.3. The number of nitrogen functional groups attached to an aromatic ring is 2. The van der Waals surface area contributed by atoms with Crippen molar-refractivity contribution in [3.05, 3.63) is 11.3 Å². The Morgan fingerprint density at radius 2 is 2.12 bits per heavy atom. The average molecular weight is 226 g/mol. The van der Waals surface area contributed by atoms with Gasteiger partial charge in [0.15, 0.2) is 5.82 Å². The van der Waals surface area contributed by atoms with Crippen LogP contribution in [0, 0.1) is 5.21 Å². The van der Waals surface area contributed by atoms with Gasteiger partial charge in [-0.2, -0.15) is 0 Å². The van der Waals surface area contributed by atoms with Crippen LogP contribution in [0.4, 0.5) is 11.8 Å². The van der Waals surface area contributed by atoms with Crippen molar-refractivity contribution in [1.29, 1.82) is 0 Å². The van der Waals surface area contributed by atoms with Crippen molar-refractivity contribution in [2.24, 2.45) is 0 Å². The van der Waals surface area contributed by atoms with E-state index in [-0.39, 0.29) is 11.8 Å². The van der Waals surface area contributed by atoms with Gasteiger partial charge in [-0.3, -0.25) is 0 Å². The Balaban J connectivity index is 2.43. The predicted octanol–water partition coefficient (Wildman–Crippen LogP) is 0.839. The second kappa shape index (κ2) is 5.99. The third-order valence-corrected chi connectivity index (χ3v) is 2.19. The van der Waals surface area contributed by atoms with Crippen LogP contribution < -0.4 is 20.9 Å². The molecule has 0 aliphatic rings. The van der Waals surface area contributed by atoms with E-state index in [1.165, 1.54) is 18.9 Å². The van der Waals surface area contributed by atoms with Crippen LogP contribution in [0.5, 0.6) is 5.88 Å². The van der Waals surface area contributed by atoms with Gasteiger partial charge in [0.2, 0.25) is 0 Å². The number of unbranched alkanes of at least 4 members (excludes halogenated alkanes) is 3. The minimum atomic E-state index is -0.191. The molecule has 0 aliphatic heterocycles. The van der Waals surface area contributed by atoms with Crippen LogP contribution in [0.1, 0.15) is 32.6 Å². The molecule has 4 N–H and O–H groups in total. The molecule has 0 spiro atoms. The standard InChI is InChI=1S/C10H18N4O2/c1-2-3-4-5-6-16-9-7-8(11)14(15)10(12)13-9/h7H,2-6,11H2,1H3,(H2,12,13). The molecule has 6 heteroatoms. The van der Waals surface area contributed by atoms with Crippen molar-refractivity contribution in [2.75, 3.05) is 18.1 Å². The van der Waals surface area contributed by atoms with Crippen LogP contribution in [-0.4, -0.2) is 11.6 Å². The zero-order chi connectivity index (χ0) is 12.0. The highest BCUT2D eigenvalue weighted by Gasteiger charge is 2.08. The van der Waals surface area contributed by atoms with Crippen LogP contribution in [0.3, 0.4) is 0 Å². The molecule has 0 saturated carbocycles. The predicted molar refractivity (Wildman–Crippen MR) is 61.7 cm³/mol. The van der Waals surface area contributed by atoms with E-state index in [1.807, 2.05) is 0 Å². The molecule has 1 aromatic rings. The summed E-state index contributed by atoms with van der Waals surface area (Å²) in [6.07, 6.45) is 4.45. The Hall–Kier alpha value is -1.72. The van der Waals surface area contributed by atoms with Gasteiger partial charge >= 0.3 is 5.95 Å². The lowest BCUT2D eigenvalue weighted by molar-refractivity contribution is -0.577. The summed E-state index contributed by atoms with van der Waals surface area (Å²) in [6, 6.07) is 1.38. The van der Waals surface area contributed by atoms with Crippen molar-refractivity contribution in [3.8, 4) is 5.88 Å². The molecule has 1 heterocycles. The van der Waals surface area contributed by atoms with E-state index in [1.54, 1.807) is 0 Å². The van der Waals surface area contributed by atoms with Crippen LogP contribution in [0.25, 0.3) is 0 Å². The summed E-state index contributed by atoms with van der Waals surface area (Å²) in [6.45, 7) is 2.71. The van der Waals surface area contributed by atoms with E-state index >= 15 is 0 Å². The molecule has 0 unspecified atom stereocenters. The first-order chi connectivity index (χ1) is 7.65. The maximum atomic E-state index is 11.1. The van der Waals surface area contributed by atoms with E-state index in [4.69, 9.17) is 16.2 Å². The summed E-state index contributed by atoms with van der Waals surface area (Å²) in [4.78, 5) is 3.78. The van der Waals surface area contributed by atoms with Crippen molar-refractivity contribution < 1.29 is 9.47 Å². The Kier molecular flexibility index (Phi) is 4.63. The Labute approximate surface area is 94.8 Å². The lowest BCUT2D eigenvalue weighted by Crippen LogP contribution is -2.35. The van der Waals surface area contributed by atoms with Crippen molar-refractivity contribution in [2.45, 2.75) is 32.6 Å². The monoisotopic (exact) mass is 226 g/mol. The van der Waals surface area contributed by atoms with Gasteiger partial charge in [0.1, 0.15) is 0 Å². The summed E-state index contributed by atoms with van der Waals surface area (Å²) < 4.78 is 5.71. The number of nitrogens with zero attached hydrogens (tertiary/aromatic N) is 2. The van der Waals surface area contributed by atoms with E-state index in [0.717, 1.165) is 12.8 Å². The van der Waals surface area contributed by atoms with Gasteiger partial charge in [0.25, 0.3) is 5.88 Å². The fourth-order valence-corrected chi connectivity index (χ4v) is 1.29. The topological polar surface area (TPSA) is 101 Å². The highest BCUT2D eigenvalue weighted by molar-refractivity contribution is 5.31. The summed E-state index contributed by atoms with van der Waals surface area (Å²) in [5, 5.41) is 11.1. The first kappa shape index (κ1) is 12.4. The third kappa shape index (κ3) is 3.45. The highest BCUT2D eigenvalue weighted by Crippen LogP contribution is 2.11. The maximum absolute atomic E-state index is 11.1. The van der Waals surface area contributed by atoms with Crippen LogP contribution in [0.2, 0.25) is 0 Å². The van der Waals surface area contributed by atoms with Crippen molar-refractivity contribution >= 4 is 11.8 Å². The van der Waals surface area contributed by atoms with Gasteiger partial charge in [0.05, 0.1) is 12.7 Å². The average Bonchev–Trinajstić information content (AvgIpc) is 2.25. The molecule has 6 nitrogen and oxygen atoms in total. The summed E-state index contributed by atoms with van der Waals surface area (Å²) in [5.41, 5.74) is 10.8. The Morgan fingerprint density at radius 1 is 1.38 bits per heavy atom. The molecule has 1 rings (SSSR count). The SMILES string of the molecule is CCCCCCOc1cc(N)[n+]([O-])c(N)n1. The second-order valence-corrected chi connectivity index (χ2v) is 3.58. The Morgan fingerprint density at radius 3 is 2.75 bits per heavy atom. The molecular weight excluding hydrogens is 208 g/mol. The van der Waals surface area contributed by atoms with E-state index in [9.17, 15) is 5.21 Å². The summed E-state index contributed by atoms with van der Waals surface area (Å²) in [5.74, 6) is 0.109. The molecule has 0 saturated heterocycles. The van der Waals surface area contributed by atoms with Gasteiger partial charge in [-0.15, -0.1) is 0 Å². The molecule has 0 atom stereocenters. The third-order valence-electron chi connectivity index (χ3n) is 2.19. The number of aromatic nitrogens is 2. The molecule has 1 aromatic heterocycles. The van der Waals surface area contributed by atoms with E-state index in [0.29, 0.717) is 17.2 Å².